The minimum Gasteiger partial charge on any atom is -0.494 e. The molecule has 0 saturated carbocycles. The highest BCUT2D eigenvalue weighted by molar-refractivity contribution is 5.80. The van der Waals surface area contributed by atoms with E-state index in [0.717, 1.165) is 50.0 Å². The highest BCUT2D eigenvalue weighted by Crippen LogP contribution is 2.23. The zero-order chi connectivity index (χ0) is 22.4. The average Bonchev–Trinajstić information content (AvgIpc) is 3.22. The summed E-state index contributed by atoms with van der Waals surface area (Å²) in [5, 5.41) is 3.37. The Bertz CT molecular complexity index is 882. The quantitative estimate of drug-likeness (QED) is 0.559. The third-order valence-corrected chi connectivity index (χ3v) is 5.29. The summed E-state index contributed by atoms with van der Waals surface area (Å²) in [6, 6.07) is 5.16. The van der Waals surface area contributed by atoms with Crippen molar-refractivity contribution in [3.63, 3.8) is 0 Å². The van der Waals surface area contributed by atoms with Gasteiger partial charge in [-0.1, -0.05) is 26.8 Å². The van der Waals surface area contributed by atoms with Crippen LogP contribution in [-0.2, 0) is 18.5 Å². The van der Waals surface area contributed by atoms with E-state index < -0.39 is 0 Å². The van der Waals surface area contributed by atoms with Crippen LogP contribution in [0.3, 0.4) is 0 Å². The number of nitrogens with zero attached hydrogens (tertiary/aromatic N) is 4. The fourth-order valence-electron chi connectivity index (χ4n) is 3.48. The van der Waals surface area contributed by atoms with Crippen LogP contribution in [0.5, 0.6) is 5.75 Å². The summed E-state index contributed by atoms with van der Waals surface area (Å²) in [5.74, 6) is 2.32. The maximum absolute atomic E-state index is 14.0. The van der Waals surface area contributed by atoms with Crippen molar-refractivity contribution in [1.82, 2.24) is 20.1 Å². The molecule has 1 aromatic carbocycles. The van der Waals surface area contributed by atoms with E-state index in [1.807, 2.05) is 6.07 Å². The first-order chi connectivity index (χ1) is 14.8. The van der Waals surface area contributed by atoms with Gasteiger partial charge in [-0.2, -0.15) is 0 Å². The van der Waals surface area contributed by atoms with Crippen LogP contribution in [0.15, 0.2) is 33.8 Å². The molecule has 1 fully saturated rings. The minimum absolute atomic E-state index is 0.0669. The number of aliphatic imine (C=N–C) groups is 1. The van der Waals surface area contributed by atoms with Crippen LogP contribution in [0.2, 0.25) is 0 Å². The van der Waals surface area contributed by atoms with Crippen molar-refractivity contribution < 1.29 is 13.5 Å². The Morgan fingerprint density at radius 1 is 1.26 bits per heavy atom. The molecule has 0 unspecified atom stereocenters. The summed E-state index contributed by atoms with van der Waals surface area (Å²) in [5.41, 5.74) is 0.883. The van der Waals surface area contributed by atoms with Gasteiger partial charge in [0.1, 0.15) is 12.3 Å². The average molecular weight is 432 g/mol. The zero-order valence-electron chi connectivity index (χ0n) is 19.2. The Kier molecular flexibility index (Phi) is 7.54. The van der Waals surface area contributed by atoms with E-state index in [1.54, 1.807) is 18.3 Å². The first-order valence-electron chi connectivity index (χ1n) is 10.8. The number of hydrogen-bond donors (Lipinski definition) is 1. The molecule has 0 spiro atoms. The monoisotopic (exact) mass is 431 g/mol. The number of methoxy groups -OCH3 is 1. The summed E-state index contributed by atoms with van der Waals surface area (Å²) >= 11 is 0. The Balaban J connectivity index is 1.57. The van der Waals surface area contributed by atoms with Gasteiger partial charge in [0.05, 0.1) is 13.3 Å². The van der Waals surface area contributed by atoms with Gasteiger partial charge in [0.25, 0.3) is 0 Å². The minimum atomic E-state index is -0.318. The highest BCUT2D eigenvalue weighted by Gasteiger charge is 2.21. The molecule has 8 heteroatoms. The molecular formula is C23H34FN5O2. The van der Waals surface area contributed by atoms with Crippen LogP contribution >= 0.6 is 0 Å². The van der Waals surface area contributed by atoms with Crippen molar-refractivity contribution >= 4 is 5.96 Å². The second-order valence-corrected chi connectivity index (χ2v) is 8.77. The van der Waals surface area contributed by atoms with E-state index in [0.29, 0.717) is 19.0 Å². The largest absolute Gasteiger partial charge is 0.494 e. The summed E-state index contributed by atoms with van der Waals surface area (Å²) in [7, 11) is 1.48. The number of guanidine groups is 1. The molecule has 31 heavy (non-hydrogen) atoms. The molecule has 1 aliphatic rings. The van der Waals surface area contributed by atoms with Gasteiger partial charge in [0, 0.05) is 44.7 Å². The third-order valence-electron chi connectivity index (χ3n) is 5.29. The first kappa shape index (κ1) is 23.1. The standard InChI is InChI=1S/C23H34FN5O2/c1-6-25-22(27-15-21-26-14-20(31-21)23(2,3)4)29-11-9-28(10-12-29)16-17-7-8-19(30-5)18(24)13-17/h7-8,13-14H,6,9-12,15-16H2,1-5H3,(H,25,27). The lowest BCUT2D eigenvalue weighted by Gasteiger charge is -2.36. The number of hydrogen-bond acceptors (Lipinski definition) is 5. The molecule has 2 aromatic rings. The number of benzene rings is 1. The fourth-order valence-corrected chi connectivity index (χ4v) is 3.48. The summed E-state index contributed by atoms with van der Waals surface area (Å²) < 4.78 is 24.8. The predicted octanol–water partition coefficient (Wildman–Crippen LogP) is 3.40. The molecule has 7 nitrogen and oxygen atoms in total. The Labute approximate surface area is 184 Å². The van der Waals surface area contributed by atoms with E-state index in [1.165, 1.54) is 7.11 Å². The second kappa shape index (κ2) is 10.1. The van der Waals surface area contributed by atoms with Gasteiger partial charge in [-0.25, -0.2) is 14.4 Å². The van der Waals surface area contributed by atoms with E-state index in [9.17, 15) is 4.39 Å². The zero-order valence-corrected chi connectivity index (χ0v) is 19.2. The number of nitrogens with one attached hydrogen (secondary N) is 1. The fraction of sp³-hybridized carbons (Fsp3) is 0.565. The van der Waals surface area contributed by atoms with E-state index in [4.69, 9.17) is 14.1 Å². The molecule has 0 amide bonds. The van der Waals surface area contributed by atoms with Gasteiger partial charge in [0.2, 0.25) is 5.89 Å². The Morgan fingerprint density at radius 2 is 2.00 bits per heavy atom. The number of aromatic nitrogens is 1. The van der Waals surface area contributed by atoms with Crippen LogP contribution in [0.25, 0.3) is 0 Å². The molecule has 1 aromatic heterocycles. The van der Waals surface area contributed by atoms with E-state index in [-0.39, 0.29) is 17.0 Å². The molecule has 0 bridgehead atoms. The molecule has 1 aliphatic heterocycles. The van der Waals surface area contributed by atoms with Crippen molar-refractivity contribution in [2.45, 2.75) is 46.2 Å². The van der Waals surface area contributed by atoms with Crippen LogP contribution in [0.1, 0.15) is 44.9 Å². The molecule has 0 atom stereocenters. The summed E-state index contributed by atoms with van der Waals surface area (Å²) in [4.78, 5) is 13.7. The van der Waals surface area contributed by atoms with E-state index in [2.05, 4.69) is 47.8 Å². The number of oxazole rings is 1. The van der Waals surface area contributed by atoms with Gasteiger partial charge in [-0.05, 0) is 24.6 Å². The van der Waals surface area contributed by atoms with Crippen LogP contribution in [0, 0.1) is 5.82 Å². The van der Waals surface area contributed by atoms with Crippen molar-refractivity contribution in [2.24, 2.45) is 4.99 Å². The number of halogens is 1. The molecule has 0 aliphatic carbocycles. The first-order valence-corrected chi connectivity index (χ1v) is 10.8. The maximum atomic E-state index is 14.0. The molecule has 2 heterocycles. The summed E-state index contributed by atoms with van der Waals surface area (Å²) in [6.07, 6.45) is 1.79. The predicted molar refractivity (Wildman–Crippen MR) is 120 cm³/mol. The van der Waals surface area contributed by atoms with Gasteiger partial charge in [0.15, 0.2) is 17.5 Å². The van der Waals surface area contributed by atoms with Gasteiger partial charge < -0.3 is 19.4 Å². The van der Waals surface area contributed by atoms with Gasteiger partial charge in [-0.3, -0.25) is 4.90 Å². The topological polar surface area (TPSA) is 66.1 Å². The lowest BCUT2D eigenvalue weighted by atomic mass is 9.94. The third kappa shape index (κ3) is 6.19. The van der Waals surface area contributed by atoms with E-state index >= 15 is 0 Å². The lowest BCUT2D eigenvalue weighted by Crippen LogP contribution is -2.52. The highest BCUT2D eigenvalue weighted by atomic mass is 19.1. The van der Waals surface area contributed by atoms with Gasteiger partial charge >= 0.3 is 0 Å². The van der Waals surface area contributed by atoms with Crippen molar-refractivity contribution in [3.05, 3.63) is 47.4 Å². The van der Waals surface area contributed by atoms with Crippen LogP contribution < -0.4 is 10.1 Å². The van der Waals surface area contributed by atoms with Crippen molar-refractivity contribution in [2.75, 3.05) is 39.8 Å². The second-order valence-electron chi connectivity index (χ2n) is 8.77. The van der Waals surface area contributed by atoms with Gasteiger partial charge in [-0.15, -0.1) is 0 Å². The number of rotatable bonds is 6. The normalized spacial score (nSPS) is 15.9. The van der Waals surface area contributed by atoms with Crippen molar-refractivity contribution in [1.29, 1.82) is 0 Å². The Morgan fingerprint density at radius 3 is 2.58 bits per heavy atom. The van der Waals surface area contributed by atoms with Crippen LogP contribution in [-0.4, -0.2) is 60.6 Å². The molecule has 0 radical (unpaired) electrons. The smallest absolute Gasteiger partial charge is 0.216 e. The van der Waals surface area contributed by atoms with Crippen molar-refractivity contribution in [3.8, 4) is 5.75 Å². The molecule has 170 valence electrons. The van der Waals surface area contributed by atoms with Crippen LogP contribution in [0.4, 0.5) is 4.39 Å². The summed E-state index contributed by atoms with van der Waals surface area (Å²) in [6.45, 7) is 13.7. The molecule has 3 rings (SSSR count). The lowest BCUT2D eigenvalue weighted by molar-refractivity contribution is 0.172. The number of ether oxygens (including phenoxy) is 1. The molecule has 1 saturated heterocycles. The maximum Gasteiger partial charge on any atom is 0.216 e. The molecular weight excluding hydrogens is 397 g/mol. The molecule has 1 N–H and O–H groups in total. The Hall–Kier alpha value is -2.61. The number of piperazine rings is 1. The SMILES string of the molecule is CCNC(=NCc1ncc(C(C)(C)C)o1)N1CCN(Cc2ccc(OC)c(F)c2)CC1.